The molecule has 4 nitrogen and oxygen atoms in total. The summed E-state index contributed by atoms with van der Waals surface area (Å²) < 4.78 is 218. The summed E-state index contributed by atoms with van der Waals surface area (Å²) in [4.78, 5) is 9.73. The van der Waals surface area contributed by atoms with Gasteiger partial charge in [-0.25, -0.2) is 4.98 Å². The monoisotopic (exact) mass is 869 g/mol. The van der Waals surface area contributed by atoms with Gasteiger partial charge in [-0.1, -0.05) is 174 Å². The number of benzene rings is 6. The zero-order chi connectivity index (χ0) is 67.0. The van der Waals surface area contributed by atoms with Gasteiger partial charge in [0.1, 0.15) is 11.6 Å². The van der Waals surface area contributed by atoms with Crippen LogP contribution in [0.1, 0.15) is 163 Å². The Labute approximate surface area is 417 Å². The third-order valence-electron chi connectivity index (χ3n) is 11.4. The van der Waals surface area contributed by atoms with Crippen molar-refractivity contribution in [3.05, 3.63) is 167 Å². The van der Waals surface area contributed by atoms with E-state index in [2.05, 4.69) is 4.98 Å². The summed E-state index contributed by atoms with van der Waals surface area (Å²) in [5.41, 5.74) is -7.21. The van der Waals surface area contributed by atoms with Gasteiger partial charge in [-0.2, -0.15) is 0 Å². The molecule has 64 heavy (non-hydrogen) atoms. The van der Waals surface area contributed by atoms with Crippen molar-refractivity contribution in [3.63, 3.8) is 0 Å². The second-order valence-corrected chi connectivity index (χ2v) is 17.9. The maximum Gasteiger partial charge on any atom is 0.149 e. The van der Waals surface area contributed by atoms with Crippen molar-refractivity contribution in [2.75, 3.05) is 0 Å². The van der Waals surface area contributed by atoms with E-state index in [1.54, 1.807) is 71.3 Å². The number of fused-ring (bicyclic) bond motifs is 1. The first-order valence-electron chi connectivity index (χ1n) is 33.5. The van der Waals surface area contributed by atoms with Gasteiger partial charge in [0.2, 0.25) is 0 Å². The number of para-hydroxylation sites is 1. The summed E-state index contributed by atoms with van der Waals surface area (Å²) in [6, 6.07) is 19.6. The van der Waals surface area contributed by atoms with Crippen LogP contribution in [0.4, 0.5) is 0 Å². The Morgan fingerprint density at radius 1 is 0.578 bits per heavy atom. The molecule has 0 unspecified atom stereocenters. The lowest BCUT2D eigenvalue weighted by atomic mass is 9.83. The molecule has 0 radical (unpaired) electrons. The summed E-state index contributed by atoms with van der Waals surface area (Å²) in [6.07, 6.45) is -0.819. The lowest BCUT2D eigenvalue weighted by Crippen LogP contribution is -2.12. The van der Waals surface area contributed by atoms with E-state index < -0.39 is 122 Å². The van der Waals surface area contributed by atoms with E-state index in [4.69, 9.17) is 35.1 Å². The zero-order valence-electron chi connectivity index (χ0n) is 61.7. The van der Waals surface area contributed by atoms with Crippen molar-refractivity contribution in [1.29, 1.82) is 0 Å². The highest BCUT2D eigenvalue weighted by Crippen LogP contribution is 2.45. The van der Waals surface area contributed by atoms with Gasteiger partial charge >= 0.3 is 0 Å². The highest BCUT2D eigenvalue weighted by atomic mass is 16.3. The lowest BCUT2D eigenvalue weighted by molar-refractivity contribution is 0.466. The second kappa shape index (κ2) is 16.7. The van der Waals surface area contributed by atoms with Gasteiger partial charge in [0, 0.05) is 47.5 Å². The number of hydrogen-bond acceptors (Lipinski definition) is 3. The predicted octanol–water partition coefficient (Wildman–Crippen LogP) is 16.6. The van der Waals surface area contributed by atoms with Crippen LogP contribution in [-0.2, 0) is 16.2 Å². The molecule has 6 aromatic carbocycles. The number of imidazole rings is 1. The maximum absolute atomic E-state index is 12.5. The summed E-state index contributed by atoms with van der Waals surface area (Å²) in [5.74, 6) is -0.284. The Morgan fingerprint density at radius 2 is 1.28 bits per heavy atom. The molecule has 326 valence electrons. The summed E-state index contributed by atoms with van der Waals surface area (Å²) in [6.45, 7) is -9.32. The van der Waals surface area contributed by atoms with Crippen LogP contribution < -0.4 is 0 Å². The zero-order valence-corrected chi connectivity index (χ0v) is 36.7. The van der Waals surface area contributed by atoms with Crippen molar-refractivity contribution in [2.24, 2.45) is 0 Å². The van der Waals surface area contributed by atoms with Gasteiger partial charge in [-0.05, 0) is 127 Å². The fourth-order valence-corrected chi connectivity index (χ4v) is 7.75. The Morgan fingerprint density at radius 3 is 1.95 bits per heavy atom. The van der Waals surface area contributed by atoms with E-state index in [9.17, 15) is 9.22 Å². The van der Waals surface area contributed by atoms with E-state index in [0.29, 0.717) is 33.3 Å². The van der Waals surface area contributed by atoms with E-state index in [1.165, 1.54) is 18.2 Å². The molecule has 2 heterocycles. The predicted molar refractivity (Wildman–Crippen MR) is 272 cm³/mol. The average Bonchev–Trinajstić information content (AvgIpc) is 1.08. The molecule has 4 heteroatoms. The largest absolute Gasteiger partial charge is 0.507 e. The number of phenols is 1. The minimum Gasteiger partial charge on any atom is -0.507 e. The fraction of sp³-hybridized carbons (Fsp3) is 0.300. The first-order chi connectivity index (χ1) is 40.6. The maximum atomic E-state index is 12.5. The molecule has 8 aromatic rings. The third kappa shape index (κ3) is 8.68. The van der Waals surface area contributed by atoms with E-state index in [0.717, 1.165) is 5.56 Å². The SMILES string of the molecule is [2H]c1nc(-c2cc(-c3cccc4c3nc(-c3cc(C(C)C)cc(C(C)C)c3O)n4-c3ccc(C(C([2H])([2H])[2H])(C([2H])([2H])[2H])C([2H])([2H])[2H])cc3-c3ccccc3)cc(C(C)(C)C)c2)c([2H])c(-c2c([2H])c([2H])c(C(C([2H])([2H])[2H])(C([2H])([2H])[2H])C([2H])([2H])[2H])c([2H])c2[2H])c1[2H]. The lowest BCUT2D eigenvalue weighted by Gasteiger charge is -2.23. The molecular weight excluding hydrogens is 779 g/mol. The van der Waals surface area contributed by atoms with Crippen LogP contribution in [-0.4, -0.2) is 19.6 Å². The molecule has 0 saturated carbocycles. The summed E-state index contributed by atoms with van der Waals surface area (Å²) in [7, 11) is 0. The van der Waals surface area contributed by atoms with Crippen LogP contribution in [0, 0.1) is 0 Å². The molecule has 2 aromatic heterocycles. The molecule has 0 atom stereocenters. The number of rotatable bonds is 8. The Hall–Kier alpha value is -6.26. The Balaban J connectivity index is 1.50. The van der Waals surface area contributed by atoms with Crippen molar-refractivity contribution in [3.8, 4) is 67.5 Å². The van der Waals surface area contributed by atoms with Crippen LogP contribution >= 0.6 is 0 Å². The number of phenolic OH excluding ortho intramolecular Hbond substituents is 1. The van der Waals surface area contributed by atoms with Gasteiger partial charge in [0.05, 0.1) is 37.6 Å². The van der Waals surface area contributed by atoms with Crippen LogP contribution in [0.3, 0.4) is 0 Å². The van der Waals surface area contributed by atoms with Gasteiger partial charge < -0.3 is 5.11 Å². The highest BCUT2D eigenvalue weighted by molar-refractivity contribution is 5.98. The van der Waals surface area contributed by atoms with Crippen LogP contribution in [0.15, 0.2) is 139 Å². The second-order valence-electron chi connectivity index (χ2n) is 17.9. The number of hydrogen-bond donors (Lipinski definition) is 1. The Bertz CT molecular complexity index is 3980. The van der Waals surface area contributed by atoms with E-state index >= 15 is 0 Å². The van der Waals surface area contributed by atoms with Crippen molar-refractivity contribution < 1.29 is 39.4 Å². The van der Waals surface area contributed by atoms with E-state index in [-0.39, 0.29) is 57.0 Å². The molecular formula is C60H65N3O. The molecule has 0 aliphatic carbocycles. The van der Waals surface area contributed by atoms with Crippen LogP contribution in [0.25, 0.3) is 72.7 Å². The van der Waals surface area contributed by atoms with Crippen LogP contribution in [0.2, 0.25) is 0 Å². The first kappa shape index (κ1) is 23.1. The molecule has 8 rings (SSSR count). The van der Waals surface area contributed by atoms with E-state index in [1.807, 2.05) is 60.6 Å². The number of pyridine rings is 1. The normalized spacial score (nSPS) is 19.4. The smallest absolute Gasteiger partial charge is 0.149 e. The topological polar surface area (TPSA) is 50.9 Å². The first-order valence-corrected chi connectivity index (χ1v) is 21.0. The average molecular weight is 869 g/mol. The quantitative estimate of drug-likeness (QED) is 0.166. The Kier molecular flexibility index (Phi) is 6.02. The van der Waals surface area contributed by atoms with Crippen molar-refractivity contribution in [1.82, 2.24) is 14.5 Å². The minimum absolute atomic E-state index is 0.0818. The summed E-state index contributed by atoms with van der Waals surface area (Å²) in [5, 5.41) is 12.5. The minimum atomic E-state index is -3.98. The molecule has 0 bridgehead atoms. The standard InChI is InChI=1S/C60H65N3O/c1-37(2)42-33-49(38(3)4)56(64)51(34-42)57-62-55-48(20-17-21-54(55)63(57)53-27-26-46(59(8,9)10)36-50(53)40-18-15-14-16-19-40)43-30-44(32-47(31-43)60(11,12)13)52-35-41(28-29-61-52)39-22-24-45(25-23-39)58(5,6)7/h14-38,64H,1-13H3/i5D3,6D3,7D3,8D3,9D3,10D3,22D,23D,24D,25D,28D,29D,35D. The molecule has 0 fully saturated rings. The van der Waals surface area contributed by atoms with Crippen molar-refractivity contribution >= 4 is 11.0 Å². The van der Waals surface area contributed by atoms with Crippen molar-refractivity contribution in [2.45, 2.75) is 118 Å². The molecule has 0 spiro atoms. The highest BCUT2D eigenvalue weighted by Gasteiger charge is 2.27. The molecule has 0 amide bonds. The van der Waals surface area contributed by atoms with Gasteiger partial charge in [-0.3, -0.25) is 9.55 Å². The molecule has 1 N–H and O–H groups in total. The molecule has 0 aliphatic rings. The third-order valence-corrected chi connectivity index (χ3v) is 11.4. The van der Waals surface area contributed by atoms with Gasteiger partial charge in [0.25, 0.3) is 0 Å². The number of aromatic hydroxyl groups is 1. The number of aromatic nitrogens is 3. The fourth-order valence-electron chi connectivity index (χ4n) is 7.75. The molecule has 0 aliphatic heterocycles. The van der Waals surface area contributed by atoms with Gasteiger partial charge in [-0.15, -0.1) is 0 Å². The van der Waals surface area contributed by atoms with Crippen LogP contribution in [0.5, 0.6) is 5.75 Å². The molecule has 0 saturated heterocycles. The summed E-state index contributed by atoms with van der Waals surface area (Å²) >= 11 is 0. The van der Waals surface area contributed by atoms with Gasteiger partial charge in [0.15, 0.2) is 0 Å². The number of nitrogens with zero attached hydrogens (tertiary/aromatic N) is 3.